The minimum atomic E-state index is -3.40. The molecule has 0 atom stereocenters. The van der Waals surface area contributed by atoms with Gasteiger partial charge in [0.25, 0.3) is 0 Å². The first kappa shape index (κ1) is 36.3. The molecule has 0 saturated carbocycles. The van der Waals surface area contributed by atoms with Gasteiger partial charge in [-0.2, -0.15) is 0 Å². The molecule has 2 fully saturated rings. The normalized spacial score (nSPS) is 15.8. The first-order valence-corrected chi connectivity index (χ1v) is 15.6. The van der Waals surface area contributed by atoms with Gasteiger partial charge in [-0.25, -0.2) is 26.3 Å². The second-order valence-electron chi connectivity index (χ2n) is 10.6. The first-order chi connectivity index (χ1) is 18.1. The molecule has 2 aliphatic rings. The highest BCUT2D eigenvalue weighted by molar-refractivity contribution is 7.89. The summed E-state index contributed by atoms with van der Waals surface area (Å²) in [6, 6.07) is 13.8. The molecule has 2 aromatic rings. The monoisotopic (exact) mass is 613 g/mol. The Kier molecular flexibility index (Phi) is 12.8. The fourth-order valence-corrected chi connectivity index (χ4v) is 5.62. The zero-order valence-corrected chi connectivity index (χ0v) is 24.7. The van der Waals surface area contributed by atoms with Crippen molar-refractivity contribution in [3.05, 3.63) is 48.5 Å². The molecular formula is C28H47N5O6S2. The number of nitrogens with zero attached hydrogens (tertiary/aromatic N) is 2. The Labute approximate surface area is 246 Å². The van der Waals surface area contributed by atoms with E-state index in [1.54, 1.807) is 48.5 Å². The van der Waals surface area contributed by atoms with Crippen LogP contribution in [0.5, 0.6) is 0 Å². The van der Waals surface area contributed by atoms with E-state index >= 15 is 0 Å². The van der Waals surface area contributed by atoms with Gasteiger partial charge in [-0.05, 0) is 83.4 Å². The summed E-state index contributed by atoms with van der Waals surface area (Å²) in [5.74, 6) is 0.114. The standard InChI is InChI=1S/C16H24N2O4S.C10H15N3O2S.2CH4/c1-16(2,3)22-15(19)9-12-10-18(11-12)13-5-7-14(8-6-13)23(20,21)17-4;1-12-16(14,15)10-4-2-9(3-5-10)13-6-8(11)7-13;;/h5-8,12,17H,9-11H2,1-4H3;2-5,8,12H,6-7,11H2,1H3;2*1H4. The summed E-state index contributed by atoms with van der Waals surface area (Å²) in [6.07, 6.45) is 0.417. The van der Waals surface area contributed by atoms with Crippen molar-refractivity contribution in [2.75, 3.05) is 50.1 Å². The second kappa shape index (κ2) is 14.5. The molecule has 13 heteroatoms. The third-order valence-corrected chi connectivity index (χ3v) is 9.16. The number of esters is 1. The minimum absolute atomic E-state index is 0. The van der Waals surface area contributed by atoms with Gasteiger partial charge in [-0.15, -0.1) is 0 Å². The number of ether oxygens (including phenoxy) is 1. The van der Waals surface area contributed by atoms with Gasteiger partial charge < -0.3 is 20.3 Å². The predicted molar refractivity (Wildman–Crippen MR) is 165 cm³/mol. The van der Waals surface area contributed by atoms with Crippen LogP contribution in [-0.4, -0.2) is 74.7 Å². The summed E-state index contributed by atoms with van der Waals surface area (Å²) in [4.78, 5) is 16.5. The van der Waals surface area contributed by atoms with Crippen LogP contribution in [0.25, 0.3) is 0 Å². The van der Waals surface area contributed by atoms with Crippen LogP contribution < -0.4 is 25.0 Å². The SMILES string of the molecule is C.C.CNS(=O)(=O)c1ccc(N2CC(CC(=O)OC(C)(C)C)C2)cc1.CNS(=O)(=O)c1ccc(N2CC(N)C2)cc1. The summed E-state index contributed by atoms with van der Waals surface area (Å²) in [6.45, 7) is 8.79. The van der Waals surface area contributed by atoms with Crippen LogP contribution in [0, 0.1) is 5.92 Å². The number of carbonyl (C=O) groups is 1. The number of carbonyl (C=O) groups excluding carboxylic acids is 1. The van der Waals surface area contributed by atoms with Gasteiger partial charge in [-0.1, -0.05) is 14.9 Å². The molecule has 232 valence electrons. The third-order valence-electron chi connectivity index (χ3n) is 6.30. The predicted octanol–water partition coefficient (Wildman–Crippen LogP) is 2.78. The highest BCUT2D eigenvalue weighted by Crippen LogP contribution is 2.28. The molecule has 4 N–H and O–H groups in total. The molecule has 0 aliphatic carbocycles. The highest BCUT2D eigenvalue weighted by Gasteiger charge is 2.31. The molecular weight excluding hydrogens is 566 g/mol. The average Bonchev–Trinajstić information content (AvgIpc) is 2.83. The van der Waals surface area contributed by atoms with Crippen LogP contribution in [0.3, 0.4) is 0 Å². The number of hydrogen-bond donors (Lipinski definition) is 3. The number of anilines is 2. The van der Waals surface area contributed by atoms with E-state index in [0.29, 0.717) is 6.42 Å². The summed E-state index contributed by atoms with van der Waals surface area (Å²) < 4.78 is 56.2. The molecule has 2 aliphatic heterocycles. The Morgan fingerprint density at radius 3 is 1.49 bits per heavy atom. The van der Waals surface area contributed by atoms with Crippen molar-refractivity contribution in [1.82, 2.24) is 9.44 Å². The topological polar surface area (TPSA) is 151 Å². The van der Waals surface area contributed by atoms with Gasteiger partial charge in [-0.3, -0.25) is 4.79 Å². The van der Waals surface area contributed by atoms with Crippen LogP contribution in [-0.2, 0) is 29.6 Å². The molecule has 0 spiro atoms. The van der Waals surface area contributed by atoms with E-state index in [1.807, 2.05) is 20.8 Å². The Hall–Kier alpha value is -2.71. The Morgan fingerprint density at radius 2 is 1.17 bits per heavy atom. The minimum Gasteiger partial charge on any atom is -0.460 e. The van der Waals surface area contributed by atoms with Crippen LogP contribution in [0.1, 0.15) is 42.0 Å². The van der Waals surface area contributed by atoms with E-state index in [-0.39, 0.29) is 42.6 Å². The smallest absolute Gasteiger partial charge is 0.306 e. The number of hydrogen-bond acceptors (Lipinski definition) is 9. The van der Waals surface area contributed by atoms with Crippen molar-refractivity contribution in [2.45, 2.75) is 63.5 Å². The van der Waals surface area contributed by atoms with Crippen molar-refractivity contribution in [1.29, 1.82) is 0 Å². The van der Waals surface area contributed by atoms with Crippen LogP contribution in [0.15, 0.2) is 58.3 Å². The van der Waals surface area contributed by atoms with Crippen LogP contribution in [0.2, 0.25) is 0 Å². The number of benzene rings is 2. The van der Waals surface area contributed by atoms with Gasteiger partial charge in [0.05, 0.1) is 16.2 Å². The summed E-state index contributed by atoms with van der Waals surface area (Å²) in [5.41, 5.74) is 7.20. The molecule has 0 bridgehead atoms. The number of sulfonamides is 2. The van der Waals surface area contributed by atoms with Crippen molar-refractivity contribution in [3.63, 3.8) is 0 Å². The number of rotatable bonds is 8. The molecule has 0 unspecified atom stereocenters. The van der Waals surface area contributed by atoms with Crippen molar-refractivity contribution in [2.24, 2.45) is 11.7 Å². The van der Waals surface area contributed by atoms with E-state index in [0.717, 1.165) is 37.6 Å². The maximum atomic E-state index is 11.8. The maximum absolute atomic E-state index is 11.8. The highest BCUT2D eigenvalue weighted by atomic mass is 32.2. The second-order valence-corrected chi connectivity index (χ2v) is 14.4. The molecule has 11 nitrogen and oxygen atoms in total. The molecule has 2 heterocycles. The number of nitrogens with two attached hydrogens (primary N) is 1. The third kappa shape index (κ3) is 9.96. The maximum Gasteiger partial charge on any atom is 0.306 e. The van der Waals surface area contributed by atoms with E-state index in [9.17, 15) is 21.6 Å². The van der Waals surface area contributed by atoms with E-state index in [1.165, 1.54) is 14.1 Å². The van der Waals surface area contributed by atoms with E-state index in [2.05, 4.69) is 19.2 Å². The quantitative estimate of drug-likeness (QED) is 0.382. The number of nitrogens with one attached hydrogen (secondary N) is 2. The lowest BCUT2D eigenvalue weighted by atomic mass is 9.95. The molecule has 41 heavy (non-hydrogen) atoms. The van der Waals surface area contributed by atoms with Gasteiger partial charge >= 0.3 is 5.97 Å². The lowest BCUT2D eigenvalue weighted by molar-refractivity contribution is -0.156. The van der Waals surface area contributed by atoms with Crippen LogP contribution >= 0.6 is 0 Å². The van der Waals surface area contributed by atoms with Crippen molar-refractivity contribution in [3.8, 4) is 0 Å². The van der Waals surface area contributed by atoms with Gasteiger partial charge in [0.2, 0.25) is 20.0 Å². The zero-order valence-electron chi connectivity index (χ0n) is 23.0. The van der Waals surface area contributed by atoms with Gasteiger partial charge in [0.1, 0.15) is 5.60 Å². The first-order valence-electron chi connectivity index (χ1n) is 12.7. The van der Waals surface area contributed by atoms with E-state index in [4.69, 9.17) is 10.5 Å². The lowest BCUT2D eigenvalue weighted by Gasteiger charge is -2.41. The molecule has 2 saturated heterocycles. The molecule has 0 amide bonds. The van der Waals surface area contributed by atoms with Gasteiger partial charge in [0.15, 0.2) is 0 Å². The largest absolute Gasteiger partial charge is 0.460 e. The van der Waals surface area contributed by atoms with Crippen molar-refractivity contribution < 1.29 is 26.4 Å². The lowest BCUT2D eigenvalue weighted by Crippen LogP contribution is -2.55. The Balaban J connectivity index is 0.000000413. The summed E-state index contributed by atoms with van der Waals surface area (Å²) in [7, 11) is -3.95. The fraction of sp³-hybridized carbons (Fsp3) is 0.536. The average molecular weight is 614 g/mol. The zero-order chi connectivity index (χ0) is 29.0. The molecule has 2 aromatic carbocycles. The molecule has 4 rings (SSSR count). The fourth-order valence-electron chi connectivity index (χ4n) is 4.16. The molecule has 0 aromatic heterocycles. The summed E-state index contributed by atoms with van der Waals surface area (Å²) in [5, 5.41) is 0. The van der Waals surface area contributed by atoms with Crippen molar-refractivity contribution >= 4 is 37.4 Å². The molecule has 0 radical (unpaired) electrons. The van der Waals surface area contributed by atoms with Gasteiger partial charge in [0, 0.05) is 49.5 Å². The summed E-state index contributed by atoms with van der Waals surface area (Å²) >= 11 is 0. The Bertz CT molecular complexity index is 1330. The Morgan fingerprint density at radius 1 is 0.805 bits per heavy atom. The van der Waals surface area contributed by atoms with E-state index < -0.39 is 25.6 Å². The van der Waals surface area contributed by atoms with Crippen LogP contribution in [0.4, 0.5) is 11.4 Å².